The largest absolute Gasteiger partial charge is 0.470 e. The number of rotatable bonds is 5. The van der Waals surface area contributed by atoms with Crippen molar-refractivity contribution in [2.24, 2.45) is 15.9 Å². The van der Waals surface area contributed by atoms with E-state index in [4.69, 9.17) is 10.6 Å². The highest BCUT2D eigenvalue weighted by atomic mass is 19.4. The summed E-state index contributed by atoms with van der Waals surface area (Å²) in [7, 11) is 0. The number of aromatic nitrogens is 3. The van der Waals surface area contributed by atoms with Crippen LogP contribution in [0.25, 0.3) is 0 Å². The first-order valence-corrected chi connectivity index (χ1v) is 9.27. The number of nitrogens with zero attached hydrogens (tertiary/aromatic N) is 6. The summed E-state index contributed by atoms with van der Waals surface area (Å²) in [5, 5.41) is 11.7. The number of carbonyl (C=O) groups excluding carboxylic acids is 1. The Balaban J connectivity index is 1.74. The first-order chi connectivity index (χ1) is 14.7. The number of halogens is 3. The van der Waals surface area contributed by atoms with Crippen molar-refractivity contribution in [2.75, 3.05) is 13.2 Å². The molecular formula is C19H20F3N7O2. The van der Waals surface area contributed by atoms with Crippen LogP contribution in [0.15, 0.2) is 34.5 Å². The lowest BCUT2D eigenvalue weighted by molar-refractivity contribution is -0.141. The van der Waals surface area contributed by atoms with Gasteiger partial charge in [0.05, 0.1) is 29.8 Å². The van der Waals surface area contributed by atoms with Gasteiger partial charge >= 0.3 is 6.18 Å². The molecule has 3 heterocycles. The van der Waals surface area contributed by atoms with Crippen LogP contribution in [0, 0.1) is 0 Å². The number of ether oxygens (including phenoxy) is 1. The van der Waals surface area contributed by atoms with Gasteiger partial charge < -0.3 is 15.5 Å². The number of hydrazone groups is 1. The van der Waals surface area contributed by atoms with Crippen LogP contribution < -0.4 is 10.6 Å². The molecule has 2 aromatic heterocycles. The molecule has 2 aromatic rings. The summed E-state index contributed by atoms with van der Waals surface area (Å²) in [5.41, 5.74) is 1.45. The standard InChI is InChI=1S/C19H20F3N7O2/c1-11(26-23)16(25-14-3-4-17(24-8-14)19(20,21)22)10-31-18-7-13-5-6-29(12(2)30)9-15(13)27-28-18/h3-4,7-8H,5-6,9-10,23H2,1-2H3. The van der Waals surface area contributed by atoms with Gasteiger partial charge in [-0.2, -0.15) is 18.3 Å². The maximum atomic E-state index is 12.7. The molecule has 0 unspecified atom stereocenters. The second kappa shape index (κ2) is 9.06. The zero-order chi connectivity index (χ0) is 22.6. The molecule has 31 heavy (non-hydrogen) atoms. The molecule has 1 aliphatic rings. The van der Waals surface area contributed by atoms with Crippen molar-refractivity contribution in [3.8, 4) is 5.88 Å². The summed E-state index contributed by atoms with van der Waals surface area (Å²) in [6.07, 6.45) is -2.90. The normalized spacial score (nSPS) is 14.9. The maximum absolute atomic E-state index is 12.7. The molecule has 0 fully saturated rings. The number of hydrogen-bond acceptors (Lipinski definition) is 8. The molecule has 0 saturated heterocycles. The summed E-state index contributed by atoms with van der Waals surface area (Å²) in [6, 6.07) is 3.77. The maximum Gasteiger partial charge on any atom is 0.433 e. The van der Waals surface area contributed by atoms with Crippen molar-refractivity contribution in [1.82, 2.24) is 20.1 Å². The van der Waals surface area contributed by atoms with Gasteiger partial charge in [0.15, 0.2) is 0 Å². The van der Waals surface area contributed by atoms with E-state index in [1.54, 1.807) is 17.9 Å². The van der Waals surface area contributed by atoms with Crippen molar-refractivity contribution < 1.29 is 22.7 Å². The van der Waals surface area contributed by atoms with Crippen molar-refractivity contribution in [3.05, 3.63) is 41.3 Å². The molecule has 3 rings (SSSR count). The molecule has 0 bridgehead atoms. The minimum atomic E-state index is -4.53. The highest BCUT2D eigenvalue weighted by molar-refractivity contribution is 6.42. The fraction of sp³-hybridized carbons (Fsp3) is 0.368. The highest BCUT2D eigenvalue weighted by Crippen LogP contribution is 2.28. The lowest BCUT2D eigenvalue weighted by Crippen LogP contribution is -2.35. The predicted octanol–water partition coefficient (Wildman–Crippen LogP) is 2.28. The van der Waals surface area contributed by atoms with E-state index < -0.39 is 11.9 Å². The van der Waals surface area contributed by atoms with E-state index >= 15 is 0 Å². The molecule has 0 atom stereocenters. The Morgan fingerprint density at radius 1 is 1.29 bits per heavy atom. The van der Waals surface area contributed by atoms with Crippen molar-refractivity contribution in [2.45, 2.75) is 33.0 Å². The minimum Gasteiger partial charge on any atom is -0.470 e. The minimum absolute atomic E-state index is 0.0251. The quantitative estimate of drug-likeness (QED) is 0.437. The van der Waals surface area contributed by atoms with Crippen LogP contribution in [0.5, 0.6) is 5.88 Å². The van der Waals surface area contributed by atoms with E-state index in [9.17, 15) is 18.0 Å². The third kappa shape index (κ3) is 5.53. The number of aliphatic imine (C=N–C) groups is 1. The second-order valence-electron chi connectivity index (χ2n) is 6.81. The molecule has 1 aliphatic heterocycles. The van der Waals surface area contributed by atoms with Crippen LogP contribution in [0.2, 0.25) is 0 Å². The van der Waals surface area contributed by atoms with E-state index in [0.717, 1.165) is 17.8 Å². The molecule has 0 radical (unpaired) electrons. The molecule has 0 aromatic carbocycles. The van der Waals surface area contributed by atoms with Crippen molar-refractivity contribution in [3.63, 3.8) is 0 Å². The fourth-order valence-corrected chi connectivity index (χ4v) is 2.85. The van der Waals surface area contributed by atoms with E-state index in [2.05, 4.69) is 25.3 Å². The van der Waals surface area contributed by atoms with Gasteiger partial charge in [0.2, 0.25) is 11.8 Å². The molecular weight excluding hydrogens is 415 g/mol. The second-order valence-corrected chi connectivity index (χ2v) is 6.81. The number of nitrogens with two attached hydrogens (primary N) is 1. The molecule has 0 spiro atoms. The van der Waals surface area contributed by atoms with Gasteiger partial charge in [-0.25, -0.2) is 9.98 Å². The van der Waals surface area contributed by atoms with Gasteiger partial charge in [-0.05, 0) is 31.0 Å². The Hall–Kier alpha value is -3.57. The summed E-state index contributed by atoms with van der Waals surface area (Å²) in [4.78, 5) is 20.8. The monoisotopic (exact) mass is 435 g/mol. The van der Waals surface area contributed by atoms with Gasteiger partial charge in [-0.15, -0.1) is 10.2 Å². The molecule has 9 nitrogen and oxygen atoms in total. The smallest absolute Gasteiger partial charge is 0.433 e. The van der Waals surface area contributed by atoms with Crippen LogP contribution in [-0.4, -0.2) is 50.6 Å². The molecule has 12 heteroatoms. The molecule has 2 N–H and O–H groups in total. The zero-order valence-electron chi connectivity index (χ0n) is 16.8. The predicted molar refractivity (Wildman–Crippen MR) is 106 cm³/mol. The number of hydrogen-bond donors (Lipinski definition) is 1. The van der Waals surface area contributed by atoms with Crippen LogP contribution in [0.3, 0.4) is 0 Å². The van der Waals surface area contributed by atoms with Crippen molar-refractivity contribution in [1.29, 1.82) is 0 Å². The summed E-state index contributed by atoms with van der Waals surface area (Å²) < 4.78 is 43.7. The van der Waals surface area contributed by atoms with Gasteiger partial charge in [0.1, 0.15) is 18.0 Å². The van der Waals surface area contributed by atoms with E-state index in [1.165, 1.54) is 13.0 Å². The van der Waals surface area contributed by atoms with Crippen LogP contribution in [-0.2, 0) is 23.9 Å². The Labute approximate surface area is 175 Å². The lowest BCUT2D eigenvalue weighted by atomic mass is 10.1. The van der Waals surface area contributed by atoms with Crippen molar-refractivity contribution >= 4 is 23.0 Å². The van der Waals surface area contributed by atoms with E-state index in [0.29, 0.717) is 36.6 Å². The van der Waals surface area contributed by atoms with Gasteiger partial charge in [-0.1, -0.05) is 0 Å². The van der Waals surface area contributed by atoms with E-state index in [-0.39, 0.29) is 24.1 Å². The van der Waals surface area contributed by atoms with Crippen LogP contribution in [0.1, 0.15) is 30.8 Å². The third-order valence-corrected chi connectivity index (χ3v) is 4.65. The number of carbonyl (C=O) groups is 1. The van der Waals surface area contributed by atoms with Gasteiger partial charge in [0.25, 0.3) is 0 Å². The SMILES string of the molecule is CC(=O)N1CCc2cc(OCC(=Nc3ccc(C(F)(F)F)nc3)C(C)=NN)nnc2C1. The third-order valence-electron chi connectivity index (χ3n) is 4.65. The Morgan fingerprint density at radius 3 is 2.68 bits per heavy atom. The lowest BCUT2D eigenvalue weighted by Gasteiger charge is -2.26. The Bertz CT molecular complexity index is 1020. The van der Waals surface area contributed by atoms with Gasteiger partial charge in [0, 0.05) is 19.5 Å². The number of alkyl halides is 3. The summed E-state index contributed by atoms with van der Waals surface area (Å²) in [6.45, 7) is 3.99. The first-order valence-electron chi connectivity index (χ1n) is 9.27. The molecule has 164 valence electrons. The van der Waals surface area contributed by atoms with Gasteiger partial charge in [-0.3, -0.25) is 4.79 Å². The average Bonchev–Trinajstić information content (AvgIpc) is 2.75. The van der Waals surface area contributed by atoms with Crippen LogP contribution >= 0.6 is 0 Å². The average molecular weight is 435 g/mol. The zero-order valence-corrected chi connectivity index (χ0v) is 16.8. The first kappa shape index (κ1) is 22.1. The fourth-order valence-electron chi connectivity index (χ4n) is 2.85. The molecule has 1 amide bonds. The Kier molecular flexibility index (Phi) is 6.47. The number of fused-ring (bicyclic) bond motifs is 1. The number of pyridine rings is 1. The number of amides is 1. The summed E-state index contributed by atoms with van der Waals surface area (Å²) >= 11 is 0. The van der Waals surface area contributed by atoms with Crippen LogP contribution in [0.4, 0.5) is 18.9 Å². The topological polar surface area (TPSA) is 119 Å². The highest BCUT2D eigenvalue weighted by Gasteiger charge is 2.32. The molecule has 0 aliphatic carbocycles. The summed E-state index contributed by atoms with van der Waals surface area (Å²) in [5.74, 6) is 5.56. The van der Waals surface area contributed by atoms with E-state index in [1.807, 2.05) is 0 Å². The Morgan fingerprint density at radius 2 is 2.06 bits per heavy atom. The molecule has 0 saturated carbocycles.